The summed E-state index contributed by atoms with van der Waals surface area (Å²) in [5.74, 6) is 1.07. The van der Waals surface area contributed by atoms with Gasteiger partial charge >= 0.3 is 0 Å². The molecule has 0 aliphatic carbocycles. The minimum absolute atomic E-state index is 0.0340. The van der Waals surface area contributed by atoms with E-state index in [0.29, 0.717) is 18.1 Å². The first-order valence-electron chi connectivity index (χ1n) is 15.3. The molecule has 4 saturated heterocycles. The molecule has 6 heterocycles. The van der Waals surface area contributed by atoms with Crippen molar-refractivity contribution >= 4 is 30.9 Å². The standard InChI is InChI=1S/C30H49N5O3Si/c1-21-17-30(5,38-39(6,7)29(2,3)4)13-14-33(21)25-16-26(34-22-11-12-23(34)20-36-19-22)32-28-24(25)18-31-35(28)27-10-8-9-15-37-27/h16,18,21-23,27H,8-15,17,19-20H2,1-7H3/t21-,22?,23?,27?,30?/m1/s1. The van der Waals surface area contributed by atoms with E-state index in [4.69, 9.17) is 24.0 Å². The number of rotatable bonds is 5. The molecule has 0 N–H and O–H groups in total. The van der Waals surface area contributed by atoms with Gasteiger partial charge in [0.05, 0.1) is 48.2 Å². The number of anilines is 2. The molecule has 0 spiro atoms. The van der Waals surface area contributed by atoms with Crippen LogP contribution in [-0.2, 0) is 13.9 Å². The van der Waals surface area contributed by atoms with Crippen LogP contribution in [-0.4, -0.2) is 73.2 Å². The van der Waals surface area contributed by atoms with Crippen LogP contribution in [0.3, 0.4) is 0 Å². The number of fused-ring (bicyclic) bond motifs is 3. The average molecular weight is 556 g/mol. The number of piperidine rings is 1. The van der Waals surface area contributed by atoms with Crippen molar-refractivity contribution < 1.29 is 13.9 Å². The van der Waals surface area contributed by atoms with Gasteiger partial charge in [-0.15, -0.1) is 0 Å². The number of nitrogens with zero attached hydrogens (tertiary/aromatic N) is 5. The summed E-state index contributed by atoms with van der Waals surface area (Å²) in [6, 6.07) is 3.51. The molecule has 0 saturated carbocycles. The van der Waals surface area contributed by atoms with E-state index < -0.39 is 8.32 Å². The summed E-state index contributed by atoms with van der Waals surface area (Å²) in [4.78, 5) is 10.4. The summed E-state index contributed by atoms with van der Waals surface area (Å²) < 4.78 is 21.2. The van der Waals surface area contributed by atoms with Crippen LogP contribution in [0.4, 0.5) is 11.5 Å². The van der Waals surface area contributed by atoms with Gasteiger partial charge in [-0.1, -0.05) is 20.8 Å². The minimum atomic E-state index is -1.87. The number of ether oxygens (including phenoxy) is 2. The molecule has 0 aromatic carbocycles. The van der Waals surface area contributed by atoms with E-state index in [9.17, 15) is 0 Å². The Kier molecular flexibility index (Phi) is 7.04. The van der Waals surface area contributed by atoms with Crippen molar-refractivity contribution in [1.82, 2.24) is 14.8 Å². The molecular formula is C30H49N5O3Si. The molecule has 216 valence electrons. The second-order valence-corrected chi connectivity index (χ2v) is 19.0. The summed E-state index contributed by atoms with van der Waals surface area (Å²) in [5.41, 5.74) is 2.11. The first-order valence-corrected chi connectivity index (χ1v) is 18.2. The molecule has 4 unspecified atom stereocenters. The Morgan fingerprint density at radius 2 is 1.85 bits per heavy atom. The second-order valence-electron chi connectivity index (χ2n) is 14.3. The van der Waals surface area contributed by atoms with Crippen LogP contribution in [0.2, 0.25) is 18.1 Å². The molecule has 5 atom stereocenters. The van der Waals surface area contributed by atoms with Crippen molar-refractivity contribution in [2.75, 3.05) is 36.2 Å². The topological polar surface area (TPSA) is 64.9 Å². The maximum Gasteiger partial charge on any atom is 0.192 e. The predicted molar refractivity (Wildman–Crippen MR) is 159 cm³/mol. The molecule has 0 amide bonds. The zero-order chi connectivity index (χ0) is 27.6. The lowest BCUT2D eigenvalue weighted by atomic mass is 9.88. The van der Waals surface area contributed by atoms with E-state index >= 15 is 0 Å². The van der Waals surface area contributed by atoms with E-state index in [-0.39, 0.29) is 16.9 Å². The fourth-order valence-electron chi connectivity index (χ4n) is 7.12. The molecule has 4 aliphatic heterocycles. The number of aromatic nitrogens is 3. The summed E-state index contributed by atoms with van der Waals surface area (Å²) in [5, 5.41) is 6.22. The van der Waals surface area contributed by atoms with Crippen LogP contribution >= 0.6 is 0 Å². The first kappa shape index (κ1) is 27.5. The molecule has 39 heavy (non-hydrogen) atoms. The lowest BCUT2D eigenvalue weighted by Crippen LogP contribution is -2.55. The summed E-state index contributed by atoms with van der Waals surface area (Å²) in [7, 11) is -1.87. The quantitative estimate of drug-likeness (QED) is 0.403. The van der Waals surface area contributed by atoms with Crippen LogP contribution < -0.4 is 9.80 Å². The summed E-state index contributed by atoms with van der Waals surface area (Å²) >= 11 is 0. The largest absolute Gasteiger partial charge is 0.411 e. The molecule has 0 radical (unpaired) electrons. The fourth-order valence-corrected chi connectivity index (χ4v) is 8.85. The highest BCUT2D eigenvalue weighted by atomic mass is 28.4. The predicted octanol–water partition coefficient (Wildman–Crippen LogP) is 6.27. The summed E-state index contributed by atoms with van der Waals surface area (Å²) in [6.45, 7) is 19.8. The van der Waals surface area contributed by atoms with Crippen molar-refractivity contribution in [3.8, 4) is 0 Å². The highest BCUT2D eigenvalue weighted by molar-refractivity contribution is 6.74. The highest BCUT2D eigenvalue weighted by Gasteiger charge is 2.46. The molecule has 4 aliphatic rings. The third-order valence-electron chi connectivity index (χ3n) is 10.2. The maximum atomic E-state index is 7.06. The van der Waals surface area contributed by atoms with Gasteiger partial charge in [0.1, 0.15) is 5.82 Å². The molecule has 2 aromatic heterocycles. The smallest absolute Gasteiger partial charge is 0.192 e. The zero-order valence-electron chi connectivity index (χ0n) is 25.2. The molecule has 8 nitrogen and oxygen atoms in total. The molecule has 4 fully saturated rings. The maximum absolute atomic E-state index is 7.06. The number of pyridine rings is 1. The average Bonchev–Trinajstić information content (AvgIpc) is 3.40. The molecule has 2 bridgehead atoms. The van der Waals surface area contributed by atoms with Gasteiger partial charge < -0.3 is 23.7 Å². The van der Waals surface area contributed by atoms with Crippen molar-refractivity contribution in [2.24, 2.45) is 0 Å². The van der Waals surface area contributed by atoms with Crippen molar-refractivity contribution in [2.45, 2.75) is 128 Å². The summed E-state index contributed by atoms with van der Waals surface area (Å²) in [6.07, 6.45) is 9.66. The zero-order valence-corrected chi connectivity index (χ0v) is 26.2. The van der Waals surface area contributed by atoms with Gasteiger partial charge in [0, 0.05) is 25.3 Å². The normalized spacial score (nSPS) is 32.3. The Morgan fingerprint density at radius 3 is 2.49 bits per heavy atom. The van der Waals surface area contributed by atoms with E-state index in [1.807, 2.05) is 6.20 Å². The molecular weight excluding hydrogens is 506 g/mol. The van der Waals surface area contributed by atoms with Crippen LogP contribution in [0.5, 0.6) is 0 Å². The van der Waals surface area contributed by atoms with Gasteiger partial charge in [0.2, 0.25) is 0 Å². The van der Waals surface area contributed by atoms with Gasteiger partial charge in [-0.2, -0.15) is 5.10 Å². The van der Waals surface area contributed by atoms with Gasteiger partial charge in [0.15, 0.2) is 20.2 Å². The van der Waals surface area contributed by atoms with Crippen molar-refractivity contribution in [1.29, 1.82) is 0 Å². The number of hydrogen-bond donors (Lipinski definition) is 0. The van der Waals surface area contributed by atoms with Crippen LogP contribution in [0.1, 0.15) is 85.8 Å². The van der Waals surface area contributed by atoms with Crippen LogP contribution in [0.15, 0.2) is 12.3 Å². The van der Waals surface area contributed by atoms with Crippen LogP contribution in [0.25, 0.3) is 11.0 Å². The van der Waals surface area contributed by atoms with Gasteiger partial charge in [0.25, 0.3) is 0 Å². The van der Waals surface area contributed by atoms with E-state index in [1.54, 1.807) is 0 Å². The van der Waals surface area contributed by atoms with E-state index in [0.717, 1.165) is 68.9 Å². The number of hydrogen-bond acceptors (Lipinski definition) is 7. The Balaban J connectivity index is 1.36. The molecule has 2 aromatic rings. The Labute approximate surface area is 235 Å². The lowest BCUT2D eigenvalue weighted by Gasteiger charge is -2.50. The van der Waals surface area contributed by atoms with E-state index in [1.165, 1.54) is 24.9 Å². The Bertz CT molecular complexity index is 1170. The Morgan fingerprint density at radius 1 is 1.10 bits per heavy atom. The van der Waals surface area contributed by atoms with Gasteiger partial charge in [-0.25, -0.2) is 9.67 Å². The van der Waals surface area contributed by atoms with Gasteiger partial charge in [-0.05, 0) is 76.9 Å². The van der Waals surface area contributed by atoms with Crippen molar-refractivity contribution in [3.63, 3.8) is 0 Å². The highest BCUT2D eigenvalue weighted by Crippen LogP contribution is 2.45. The minimum Gasteiger partial charge on any atom is -0.411 e. The monoisotopic (exact) mass is 555 g/mol. The third kappa shape index (κ3) is 5.02. The van der Waals surface area contributed by atoms with Crippen molar-refractivity contribution in [3.05, 3.63) is 12.3 Å². The fraction of sp³-hybridized carbons (Fsp3) is 0.800. The van der Waals surface area contributed by atoms with E-state index in [2.05, 4.69) is 68.3 Å². The Hall–Kier alpha value is -1.68. The molecule has 6 rings (SSSR count). The van der Waals surface area contributed by atoms with Gasteiger partial charge in [-0.3, -0.25) is 0 Å². The third-order valence-corrected chi connectivity index (χ3v) is 14.8. The lowest BCUT2D eigenvalue weighted by molar-refractivity contribution is -0.0370. The second kappa shape index (κ2) is 10.00. The van der Waals surface area contributed by atoms with Crippen LogP contribution in [0, 0.1) is 0 Å². The number of morpholine rings is 1. The first-order chi connectivity index (χ1) is 18.5. The molecule has 9 heteroatoms. The SMILES string of the molecule is C[C@@H]1CC(C)(O[Si](C)(C)C(C)(C)C)CCN1c1cc(N2C3CCC2COC3)nc2c1cnn2C1CCCCO1.